The number of nitrogens with one attached hydrogen (secondary N) is 1. The van der Waals surface area contributed by atoms with E-state index in [1.54, 1.807) is 13.8 Å². The predicted molar refractivity (Wildman–Crippen MR) is 72.8 cm³/mol. The van der Waals surface area contributed by atoms with Gasteiger partial charge in [0.15, 0.2) is 0 Å². The smallest absolute Gasteiger partial charge is 0.398 e. The minimum absolute atomic E-state index is 0.160. The lowest BCUT2D eigenvalue weighted by Crippen LogP contribution is -2.29. The average molecular weight is 262 g/mol. The van der Waals surface area contributed by atoms with Crippen molar-refractivity contribution in [2.75, 3.05) is 6.61 Å². The van der Waals surface area contributed by atoms with Gasteiger partial charge in [0.1, 0.15) is 0 Å². The molecule has 0 aromatic heterocycles. The van der Waals surface area contributed by atoms with Crippen molar-refractivity contribution < 1.29 is 14.3 Å². The highest BCUT2D eigenvalue weighted by Crippen LogP contribution is 2.06. The molecule has 19 heavy (non-hydrogen) atoms. The van der Waals surface area contributed by atoms with E-state index in [2.05, 4.69) is 22.2 Å². The maximum absolute atomic E-state index is 11.3. The summed E-state index contributed by atoms with van der Waals surface area (Å²) in [5.74, 6) is -1.80. The summed E-state index contributed by atoms with van der Waals surface area (Å²) in [4.78, 5) is 22.3. The molecule has 0 saturated carbocycles. The number of rotatable bonds is 4. The van der Waals surface area contributed by atoms with E-state index in [9.17, 15) is 9.59 Å². The van der Waals surface area contributed by atoms with Crippen LogP contribution in [0.25, 0.3) is 0 Å². The molecule has 0 bridgehead atoms. The lowest BCUT2D eigenvalue weighted by molar-refractivity contribution is -0.154. The van der Waals surface area contributed by atoms with Crippen LogP contribution in [-0.2, 0) is 20.7 Å². The number of esters is 1. The van der Waals surface area contributed by atoms with Gasteiger partial charge in [-0.1, -0.05) is 31.2 Å². The van der Waals surface area contributed by atoms with Crippen molar-refractivity contribution in [2.45, 2.75) is 27.2 Å². The van der Waals surface area contributed by atoms with Crippen LogP contribution in [0.2, 0.25) is 0 Å². The molecule has 0 aliphatic rings. The molecule has 0 saturated heterocycles. The largest absolute Gasteiger partial charge is 0.459 e. The molecule has 0 unspecified atom stereocenters. The summed E-state index contributed by atoms with van der Waals surface area (Å²) in [7, 11) is 0. The van der Waals surface area contributed by atoms with Gasteiger partial charge in [0.25, 0.3) is 0 Å². The molecule has 1 rings (SSSR count). The molecule has 5 heteroatoms. The van der Waals surface area contributed by atoms with Gasteiger partial charge in [-0.2, -0.15) is 5.10 Å². The van der Waals surface area contributed by atoms with Gasteiger partial charge < -0.3 is 4.74 Å². The first-order chi connectivity index (χ1) is 9.08. The van der Waals surface area contributed by atoms with Gasteiger partial charge in [-0.25, -0.2) is 10.2 Å². The standard InChI is InChI=1S/C14H18N2O3/c1-4-11-6-8-12(9-7-11)10(3)15-16-13(17)14(18)19-5-2/h6-9H,4-5H2,1-3H3,(H,16,17)/b15-10-. The van der Waals surface area contributed by atoms with Crippen LogP contribution in [-0.4, -0.2) is 24.2 Å². The molecule has 102 valence electrons. The Bertz CT molecular complexity index is 478. The van der Waals surface area contributed by atoms with E-state index >= 15 is 0 Å². The third-order valence-corrected chi connectivity index (χ3v) is 2.57. The highest BCUT2D eigenvalue weighted by Gasteiger charge is 2.13. The van der Waals surface area contributed by atoms with Gasteiger partial charge in [0, 0.05) is 0 Å². The van der Waals surface area contributed by atoms with Crippen molar-refractivity contribution in [1.82, 2.24) is 5.43 Å². The monoisotopic (exact) mass is 262 g/mol. The first-order valence-corrected chi connectivity index (χ1v) is 6.19. The second-order valence-corrected chi connectivity index (χ2v) is 3.91. The number of carbonyl (C=O) groups excluding carboxylic acids is 2. The van der Waals surface area contributed by atoms with Crippen molar-refractivity contribution in [1.29, 1.82) is 0 Å². The Hall–Kier alpha value is -2.17. The summed E-state index contributed by atoms with van der Waals surface area (Å²) in [6.45, 7) is 5.63. The topological polar surface area (TPSA) is 67.8 Å². The molecule has 0 atom stereocenters. The number of ether oxygens (including phenoxy) is 1. The van der Waals surface area contributed by atoms with Gasteiger partial charge in [-0.15, -0.1) is 0 Å². The Morgan fingerprint density at radius 1 is 1.21 bits per heavy atom. The quantitative estimate of drug-likeness (QED) is 0.388. The van der Waals surface area contributed by atoms with Crippen LogP contribution in [0.4, 0.5) is 0 Å². The zero-order chi connectivity index (χ0) is 14.3. The number of hydrazone groups is 1. The van der Waals surface area contributed by atoms with Crippen LogP contribution < -0.4 is 5.43 Å². The zero-order valence-electron chi connectivity index (χ0n) is 11.4. The summed E-state index contributed by atoms with van der Waals surface area (Å²) >= 11 is 0. The van der Waals surface area contributed by atoms with Gasteiger partial charge in [-0.3, -0.25) is 4.79 Å². The summed E-state index contributed by atoms with van der Waals surface area (Å²) in [5.41, 5.74) is 4.91. The highest BCUT2D eigenvalue weighted by atomic mass is 16.5. The van der Waals surface area contributed by atoms with Crippen LogP contribution in [0.1, 0.15) is 31.9 Å². The summed E-state index contributed by atoms with van der Waals surface area (Å²) in [6, 6.07) is 7.85. The van der Waals surface area contributed by atoms with Crippen LogP contribution in [0.5, 0.6) is 0 Å². The minimum Gasteiger partial charge on any atom is -0.459 e. The molecule has 1 amide bonds. The van der Waals surface area contributed by atoms with E-state index in [0.29, 0.717) is 5.71 Å². The molecule has 1 aromatic carbocycles. The van der Waals surface area contributed by atoms with Gasteiger partial charge in [0.2, 0.25) is 0 Å². The van der Waals surface area contributed by atoms with Crippen molar-refractivity contribution in [3.63, 3.8) is 0 Å². The molecule has 0 heterocycles. The fraction of sp³-hybridized carbons (Fsp3) is 0.357. The molecule has 0 fully saturated rings. The highest BCUT2D eigenvalue weighted by molar-refractivity contribution is 6.32. The van der Waals surface area contributed by atoms with Gasteiger partial charge in [0.05, 0.1) is 12.3 Å². The average Bonchev–Trinajstić information content (AvgIpc) is 2.44. The molecule has 0 radical (unpaired) electrons. The Morgan fingerprint density at radius 2 is 1.84 bits per heavy atom. The third kappa shape index (κ3) is 4.54. The number of aryl methyl sites for hydroxylation is 1. The molecule has 0 aliphatic heterocycles. The molecule has 1 aromatic rings. The summed E-state index contributed by atoms with van der Waals surface area (Å²) < 4.78 is 4.55. The lowest BCUT2D eigenvalue weighted by atomic mass is 10.1. The first-order valence-electron chi connectivity index (χ1n) is 6.19. The molecule has 5 nitrogen and oxygen atoms in total. The second kappa shape index (κ2) is 7.31. The number of nitrogens with zero attached hydrogens (tertiary/aromatic N) is 1. The Labute approximate surface area is 112 Å². The maximum atomic E-state index is 11.3. The minimum atomic E-state index is -0.930. The van der Waals surface area contributed by atoms with Crippen LogP contribution in [0.15, 0.2) is 29.4 Å². The summed E-state index contributed by atoms with van der Waals surface area (Å²) in [6.07, 6.45) is 0.968. The van der Waals surface area contributed by atoms with Gasteiger partial charge >= 0.3 is 11.9 Å². The van der Waals surface area contributed by atoms with E-state index in [1.165, 1.54) is 5.56 Å². The van der Waals surface area contributed by atoms with Crippen LogP contribution in [0, 0.1) is 0 Å². The first kappa shape index (κ1) is 14.9. The fourth-order valence-electron chi connectivity index (χ4n) is 1.42. The Kier molecular flexibility index (Phi) is 5.73. The normalized spacial score (nSPS) is 11.0. The maximum Gasteiger partial charge on any atom is 0.398 e. The van der Waals surface area contributed by atoms with E-state index in [1.807, 2.05) is 24.3 Å². The predicted octanol–water partition coefficient (Wildman–Crippen LogP) is 1.65. The van der Waals surface area contributed by atoms with Crippen LogP contribution in [0.3, 0.4) is 0 Å². The van der Waals surface area contributed by atoms with Crippen molar-refractivity contribution in [3.05, 3.63) is 35.4 Å². The van der Waals surface area contributed by atoms with E-state index in [0.717, 1.165) is 12.0 Å². The van der Waals surface area contributed by atoms with Crippen molar-refractivity contribution >= 4 is 17.6 Å². The number of hydrogen-bond donors (Lipinski definition) is 1. The fourth-order valence-corrected chi connectivity index (χ4v) is 1.42. The number of benzene rings is 1. The van der Waals surface area contributed by atoms with Crippen molar-refractivity contribution in [2.24, 2.45) is 5.10 Å². The number of amides is 1. The molecule has 1 N–H and O–H groups in total. The molecular weight excluding hydrogens is 244 g/mol. The second-order valence-electron chi connectivity index (χ2n) is 3.91. The molecule has 0 aliphatic carbocycles. The Balaban J connectivity index is 2.65. The van der Waals surface area contributed by atoms with Crippen molar-refractivity contribution in [3.8, 4) is 0 Å². The number of hydrogen-bond acceptors (Lipinski definition) is 4. The van der Waals surface area contributed by atoms with Crippen LogP contribution >= 0.6 is 0 Å². The molecular formula is C14H18N2O3. The lowest BCUT2D eigenvalue weighted by Gasteiger charge is -2.03. The number of carbonyl (C=O) groups is 2. The molecule has 0 spiro atoms. The third-order valence-electron chi connectivity index (χ3n) is 2.57. The van der Waals surface area contributed by atoms with Gasteiger partial charge in [-0.05, 0) is 31.4 Å². The SMILES string of the molecule is CCOC(=O)C(=O)N/N=C(/C)c1ccc(CC)cc1. The van der Waals surface area contributed by atoms with E-state index < -0.39 is 11.9 Å². The van der Waals surface area contributed by atoms with E-state index in [-0.39, 0.29) is 6.61 Å². The Morgan fingerprint density at radius 3 is 2.37 bits per heavy atom. The zero-order valence-corrected chi connectivity index (χ0v) is 11.4. The van der Waals surface area contributed by atoms with E-state index in [4.69, 9.17) is 0 Å². The summed E-state index contributed by atoms with van der Waals surface area (Å²) in [5, 5.41) is 3.87.